The van der Waals surface area contributed by atoms with Crippen molar-refractivity contribution in [2.45, 2.75) is 12.3 Å². The number of anilines is 2. The van der Waals surface area contributed by atoms with Crippen LogP contribution in [-0.2, 0) is 4.79 Å². The number of rotatable bonds is 6. The van der Waals surface area contributed by atoms with Gasteiger partial charge in [-0.2, -0.15) is 0 Å². The third kappa shape index (κ3) is 4.92. The van der Waals surface area contributed by atoms with Crippen LogP contribution in [0.2, 0.25) is 0 Å². The first-order valence-corrected chi connectivity index (χ1v) is 9.54. The van der Waals surface area contributed by atoms with E-state index in [2.05, 4.69) is 20.8 Å². The lowest BCUT2D eigenvalue weighted by Gasteiger charge is -2.11. The van der Waals surface area contributed by atoms with Gasteiger partial charge in [0.05, 0.1) is 16.2 Å². The molecule has 0 spiro atoms. The molecule has 1 heterocycles. The van der Waals surface area contributed by atoms with Gasteiger partial charge in [-0.3, -0.25) is 25.0 Å². The molecule has 1 atom stereocenters. The van der Waals surface area contributed by atoms with E-state index in [1.165, 1.54) is 19.1 Å². The van der Waals surface area contributed by atoms with Crippen molar-refractivity contribution >= 4 is 51.3 Å². The molecule has 0 bridgehead atoms. The van der Waals surface area contributed by atoms with Gasteiger partial charge in [-0.15, -0.1) is 21.8 Å². The van der Waals surface area contributed by atoms with Crippen LogP contribution in [0, 0.1) is 10.1 Å². The quantitative estimate of drug-likeness (QED) is 0.346. The Labute approximate surface area is 173 Å². The zero-order chi connectivity index (χ0) is 21.0. The van der Waals surface area contributed by atoms with Crippen LogP contribution in [-0.4, -0.2) is 32.3 Å². The van der Waals surface area contributed by atoms with Crippen LogP contribution in [0.5, 0.6) is 0 Å². The van der Waals surface area contributed by atoms with Crippen molar-refractivity contribution < 1.29 is 14.5 Å². The highest BCUT2D eigenvalue weighted by Crippen LogP contribution is 2.28. The second kappa shape index (κ2) is 8.76. The number of hydrogen-bond acceptors (Lipinski definition) is 7. The molecule has 0 aliphatic carbocycles. The van der Waals surface area contributed by atoms with E-state index in [0.717, 1.165) is 11.3 Å². The van der Waals surface area contributed by atoms with Gasteiger partial charge in [0.1, 0.15) is 10.4 Å². The van der Waals surface area contributed by atoms with Crippen LogP contribution in [0.4, 0.5) is 16.5 Å². The number of nitro benzene ring substituents is 1. The van der Waals surface area contributed by atoms with Gasteiger partial charge in [0, 0.05) is 17.7 Å². The van der Waals surface area contributed by atoms with Crippen molar-refractivity contribution in [2.75, 3.05) is 10.6 Å². The SMILES string of the molecule is C[C@@H](Cl)C(=O)Nc1ccccc1C(=O)Nc1nnc(-c2ccc([N+](=O)[O-])cc2)s1. The number of amides is 2. The Morgan fingerprint density at radius 1 is 1.10 bits per heavy atom. The molecule has 9 nitrogen and oxygen atoms in total. The first-order chi connectivity index (χ1) is 13.8. The third-order valence-electron chi connectivity index (χ3n) is 3.76. The molecule has 1 aromatic heterocycles. The molecule has 0 saturated heterocycles. The van der Waals surface area contributed by atoms with E-state index in [1.54, 1.807) is 36.4 Å². The van der Waals surface area contributed by atoms with Gasteiger partial charge >= 0.3 is 0 Å². The molecule has 3 aromatic rings. The number of nitrogens with zero attached hydrogens (tertiary/aromatic N) is 3. The molecular weight excluding hydrogens is 418 g/mol. The second-order valence-corrected chi connectivity index (χ2v) is 7.45. The number of para-hydroxylation sites is 1. The molecule has 0 saturated carbocycles. The van der Waals surface area contributed by atoms with Crippen LogP contribution in [0.3, 0.4) is 0 Å². The fourth-order valence-electron chi connectivity index (χ4n) is 2.30. The highest BCUT2D eigenvalue weighted by atomic mass is 35.5. The molecule has 0 unspecified atom stereocenters. The smallest absolute Gasteiger partial charge is 0.269 e. The van der Waals surface area contributed by atoms with Crippen molar-refractivity contribution in [3.8, 4) is 10.6 Å². The van der Waals surface area contributed by atoms with Crippen LogP contribution in [0.1, 0.15) is 17.3 Å². The molecule has 29 heavy (non-hydrogen) atoms. The number of carbonyl (C=O) groups is 2. The van der Waals surface area contributed by atoms with Gasteiger partial charge in [-0.05, 0) is 31.2 Å². The minimum Gasteiger partial charge on any atom is -0.324 e. The van der Waals surface area contributed by atoms with Crippen molar-refractivity contribution in [1.82, 2.24) is 10.2 Å². The number of hydrogen-bond donors (Lipinski definition) is 2. The fourth-order valence-corrected chi connectivity index (χ4v) is 3.10. The summed E-state index contributed by atoms with van der Waals surface area (Å²) in [5.74, 6) is -0.905. The highest BCUT2D eigenvalue weighted by Gasteiger charge is 2.17. The van der Waals surface area contributed by atoms with Crippen LogP contribution < -0.4 is 10.6 Å². The molecule has 0 aliphatic rings. The zero-order valence-corrected chi connectivity index (χ0v) is 16.5. The molecule has 2 aromatic carbocycles. The largest absolute Gasteiger partial charge is 0.324 e. The number of aromatic nitrogens is 2. The number of non-ortho nitro benzene ring substituents is 1. The second-order valence-electron chi connectivity index (χ2n) is 5.82. The Hall–Kier alpha value is -3.37. The lowest BCUT2D eigenvalue weighted by atomic mass is 10.1. The summed E-state index contributed by atoms with van der Waals surface area (Å²) in [7, 11) is 0. The van der Waals surface area contributed by atoms with Crippen LogP contribution in [0.15, 0.2) is 48.5 Å². The van der Waals surface area contributed by atoms with E-state index < -0.39 is 22.1 Å². The summed E-state index contributed by atoms with van der Waals surface area (Å²) in [6.07, 6.45) is 0. The maximum Gasteiger partial charge on any atom is 0.269 e. The van der Waals surface area contributed by atoms with Gasteiger partial charge in [-0.25, -0.2) is 0 Å². The minimum atomic E-state index is -0.751. The zero-order valence-electron chi connectivity index (χ0n) is 15.0. The van der Waals surface area contributed by atoms with Crippen molar-refractivity contribution in [3.63, 3.8) is 0 Å². The molecule has 11 heteroatoms. The van der Waals surface area contributed by atoms with Gasteiger partial charge in [0.15, 0.2) is 0 Å². The van der Waals surface area contributed by atoms with Crippen molar-refractivity contribution in [3.05, 3.63) is 64.2 Å². The monoisotopic (exact) mass is 431 g/mol. The number of nitro groups is 1. The minimum absolute atomic E-state index is 0.0308. The van der Waals surface area contributed by atoms with Gasteiger partial charge < -0.3 is 5.32 Å². The average molecular weight is 432 g/mol. The van der Waals surface area contributed by atoms with Crippen molar-refractivity contribution in [2.24, 2.45) is 0 Å². The summed E-state index contributed by atoms with van der Waals surface area (Å²) in [5.41, 5.74) is 1.17. The molecule has 2 amide bonds. The lowest BCUT2D eigenvalue weighted by molar-refractivity contribution is -0.384. The maximum absolute atomic E-state index is 12.6. The average Bonchev–Trinajstić information content (AvgIpc) is 3.16. The maximum atomic E-state index is 12.6. The Morgan fingerprint density at radius 3 is 2.45 bits per heavy atom. The molecular formula is C18H14ClN5O4S. The topological polar surface area (TPSA) is 127 Å². The summed E-state index contributed by atoms with van der Waals surface area (Å²) < 4.78 is 0. The summed E-state index contributed by atoms with van der Waals surface area (Å²) >= 11 is 6.88. The van der Waals surface area contributed by atoms with Crippen molar-refractivity contribution in [1.29, 1.82) is 0 Å². The number of benzene rings is 2. The lowest BCUT2D eigenvalue weighted by Crippen LogP contribution is -2.23. The molecule has 0 fully saturated rings. The summed E-state index contributed by atoms with van der Waals surface area (Å²) in [6.45, 7) is 1.53. The molecule has 2 N–H and O–H groups in total. The number of alkyl halides is 1. The Bertz CT molecular complexity index is 1070. The van der Waals surface area contributed by atoms with Gasteiger partial charge in [-0.1, -0.05) is 23.5 Å². The summed E-state index contributed by atoms with van der Waals surface area (Å²) in [5, 5.41) is 23.9. The predicted octanol–water partition coefficient (Wildman–Crippen LogP) is 3.93. The fraction of sp³-hybridized carbons (Fsp3) is 0.111. The highest BCUT2D eigenvalue weighted by molar-refractivity contribution is 7.18. The van der Waals surface area contributed by atoms with E-state index in [4.69, 9.17) is 11.6 Å². The summed E-state index contributed by atoms with van der Waals surface area (Å²) in [4.78, 5) is 34.7. The van der Waals surface area contributed by atoms with E-state index in [9.17, 15) is 19.7 Å². The Morgan fingerprint density at radius 2 is 1.79 bits per heavy atom. The first-order valence-electron chi connectivity index (χ1n) is 8.29. The molecule has 148 valence electrons. The number of carbonyl (C=O) groups excluding carboxylic acids is 2. The van der Waals surface area contributed by atoms with E-state index >= 15 is 0 Å². The normalized spacial score (nSPS) is 11.5. The molecule has 0 aliphatic heterocycles. The van der Waals surface area contributed by atoms with Gasteiger partial charge in [0.25, 0.3) is 11.6 Å². The molecule has 3 rings (SSSR count). The Kier molecular flexibility index (Phi) is 6.15. The summed E-state index contributed by atoms with van der Waals surface area (Å²) in [6, 6.07) is 12.3. The number of nitrogens with one attached hydrogen (secondary N) is 2. The standard InChI is InChI=1S/C18H14ClN5O4S/c1-10(19)15(25)20-14-5-3-2-4-13(14)16(26)21-18-23-22-17(29-18)11-6-8-12(9-7-11)24(27)28/h2-10H,1H3,(H,20,25)(H,21,23,26)/t10-/m1/s1. The van der Waals surface area contributed by atoms with Gasteiger partial charge in [0.2, 0.25) is 11.0 Å². The van der Waals surface area contributed by atoms with Crippen LogP contribution in [0.25, 0.3) is 10.6 Å². The van der Waals surface area contributed by atoms with E-state index in [1.807, 2.05) is 0 Å². The van der Waals surface area contributed by atoms with Crippen LogP contribution >= 0.6 is 22.9 Å². The molecule has 0 radical (unpaired) electrons. The number of halogens is 1. The predicted molar refractivity (Wildman–Crippen MR) is 110 cm³/mol. The Balaban J connectivity index is 1.76. The first kappa shape index (κ1) is 20.4. The van der Waals surface area contributed by atoms with E-state index in [0.29, 0.717) is 16.3 Å². The van der Waals surface area contributed by atoms with E-state index in [-0.39, 0.29) is 16.4 Å². The third-order valence-corrected chi connectivity index (χ3v) is 4.85.